The van der Waals surface area contributed by atoms with E-state index in [4.69, 9.17) is 9.40 Å². The number of rotatable bonds is 2. The molecule has 0 spiro atoms. The maximum atomic E-state index is 13.0. The molecule has 0 saturated carbocycles. The molecule has 1 aromatic carbocycles. The number of benzene rings is 1. The van der Waals surface area contributed by atoms with Crippen molar-refractivity contribution in [2.75, 3.05) is 5.32 Å². The summed E-state index contributed by atoms with van der Waals surface area (Å²) in [6.45, 7) is 4.45. The Kier molecular flexibility index (Phi) is 4.77. The molecule has 1 amide bonds. The van der Waals surface area contributed by atoms with Crippen LogP contribution in [0.2, 0.25) is 0 Å². The average Bonchev–Trinajstić information content (AvgIpc) is 3.03. The topological polar surface area (TPSA) is 103 Å². The molecule has 1 aliphatic heterocycles. The van der Waals surface area contributed by atoms with Gasteiger partial charge in [-0.25, -0.2) is 15.0 Å². The Morgan fingerprint density at radius 1 is 1.13 bits per heavy atom. The second kappa shape index (κ2) is 7.61. The number of aryl methyl sites for hydroxylation is 3. The van der Waals surface area contributed by atoms with Crippen LogP contribution in [0.15, 0.2) is 33.7 Å². The lowest BCUT2D eigenvalue weighted by molar-refractivity contribution is 0.102. The van der Waals surface area contributed by atoms with Crippen LogP contribution in [-0.2, 0) is 13.0 Å². The number of furan rings is 1. The molecule has 31 heavy (non-hydrogen) atoms. The second-order valence-corrected chi connectivity index (χ2v) is 8.02. The average molecular weight is 417 g/mol. The van der Waals surface area contributed by atoms with E-state index in [1.807, 2.05) is 13.8 Å². The van der Waals surface area contributed by atoms with Crippen LogP contribution >= 0.6 is 0 Å². The zero-order valence-electron chi connectivity index (χ0n) is 17.6. The number of carbonyl (C=O) groups is 1. The molecule has 0 aliphatic carbocycles. The highest BCUT2D eigenvalue weighted by Gasteiger charge is 2.18. The van der Waals surface area contributed by atoms with Crippen molar-refractivity contribution >= 4 is 33.7 Å². The number of nitrogens with zero attached hydrogens (tertiary/aromatic N) is 4. The molecule has 0 fully saturated rings. The molecule has 1 aliphatic rings. The zero-order chi connectivity index (χ0) is 21.5. The summed E-state index contributed by atoms with van der Waals surface area (Å²) in [4.78, 5) is 39.1. The molecule has 8 nitrogen and oxygen atoms in total. The Balaban J connectivity index is 1.53. The van der Waals surface area contributed by atoms with Crippen molar-refractivity contribution in [3.8, 4) is 0 Å². The highest BCUT2D eigenvalue weighted by Crippen LogP contribution is 2.28. The van der Waals surface area contributed by atoms with Gasteiger partial charge in [0.25, 0.3) is 11.5 Å². The Bertz CT molecular complexity index is 1390. The summed E-state index contributed by atoms with van der Waals surface area (Å²) >= 11 is 0. The zero-order valence-corrected chi connectivity index (χ0v) is 17.6. The highest BCUT2D eigenvalue weighted by atomic mass is 16.3. The third-order valence-corrected chi connectivity index (χ3v) is 6.03. The van der Waals surface area contributed by atoms with Crippen molar-refractivity contribution in [3.05, 3.63) is 57.6 Å². The lowest BCUT2D eigenvalue weighted by Crippen LogP contribution is -2.26. The number of amides is 1. The summed E-state index contributed by atoms with van der Waals surface area (Å²) in [5, 5.41) is 4.07. The van der Waals surface area contributed by atoms with Crippen LogP contribution in [0.5, 0.6) is 0 Å². The SMILES string of the molecule is Cc1oc2ncnc(NC(=O)c3ccc4c(=O)n5c(nc4c3)CCCCCC5)c2c1C. The molecule has 0 atom stereocenters. The Labute approximate surface area is 178 Å². The summed E-state index contributed by atoms with van der Waals surface area (Å²) in [6, 6.07) is 5.02. The van der Waals surface area contributed by atoms with E-state index in [9.17, 15) is 9.59 Å². The normalized spacial score (nSPS) is 14.3. The molecule has 5 rings (SSSR count). The van der Waals surface area contributed by atoms with E-state index in [2.05, 4.69) is 15.3 Å². The van der Waals surface area contributed by atoms with E-state index in [-0.39, 0.29) is 11.5 Å². The smallest absolute Gasteiger partial charge is 0.261 e. The lowest BCUT2D eigenvalue weighted by atomic mass is 10.1. The molecular formula is C23H23N5O3. The lowest BCUT2D eigenvalue weighted by Gasteiger charge is -2.16. The molecule has 4 heterocycles. The van der Waals surface area contributed by atoms with Gasteiger partial charge in [0.05, 0.1) is 16.3 Å². The summed E-state index contributed by atoms with van der Waals surface area (Å²) in [5.74, 6) is 1.61. The van der Waals surface area contributed by atoms with Gasteiger partial charge in [0.2, 0.25) is 5.71 Å². The molecule has 3 aromatic heterocycles. The largest absolute Gasteiger partial charge is 0.443 e. The molecule has 1 N–H and O–H groups in total. The van der Waals surface area contributed by atoms with Crippen LogP contribution in [0.4, 0.5) is 5.82 Å². The van der Waals surface area contributed by atoms with Crippen molar-refractivity contribution in [3.63, 3.8) is 0 Å². The minimum absolute atomic E-state index is 0.0316. The maximum absolute atomic E-state index is 13.0. The van der Waals surface area contributed by atoms with E-state index in [1.165, 1.54) is 6.33 Å². The van der Waals surface area contributed by atoms with Gasteiger partial charge < -0.3 is 9.73 Å². The van der Waals surface area contributed by atoms with Crippen molar-refractivity contribution in [1.29, 1.82) is 0 Å². The predicted octanol–water partition coefficient (Wildman–Crippen LogP) is 3.92. The van der Waals surface area contributed by atoms with Crippen LogP contribution in [0.1, 0.15) is 53.2 Å². The van der Waals surface area contributed by atoms with Gasteiger partial charge in [0.1, 0.15) is 23.7 Å². The molecule has 0 bridgehead atoms. The third kappa shape index (κ3) is 3.37. The van der Waals surface area contributed by atoms with Gasteiger partial charge in [-0.3, -0.25) is 14.2 Å². The fourth-order valence-corrected chi connectivity index (χ4v) is 4.19. The van der Waals surface area contributed by atoms with Gasteiger partial charge in [-0.2, -0.15) is 0 Å². The molecule has 0 radical (unpaired) electrons. The monoisotopic (exact) mass is 417 g/mol. The van der Waals surface area contributed by atoms with Crippen LogP contribution < -0.4 is 10.9 Å². The molecule has 8 heteroatoms. The van der Waals surface area contributed by atoms with E-state index in [0.29, 0.717) is 39.9 Å². The fraction of sp³-hybridized carbons (Fsp3) is 0.348. The molecule has 0 unspecified atom stereocenters. The van der Waals surface area contributed by atoms with E-state index >= 15 is 0 Å². The van der Waals surface area contributed by atoms with Crippen LogP contribution in [0.25, 0.3) is 22.0 Å². The van der Waals surface area contributed by atoms with E-state index in [1.54, 1.807) is 22.8 Å². The van der Waals surface area contributed by atoms with Crippen LogP contribution in [0, 0.1) is 13.8 Å². The predicted molar refractivity (Wildman–Crippen MR) is 117 cm³/mol. The summed E-state index contributed by atoms with van der Waals surface area (Å²) < 4.78 is 7.41. The van der Waals surface area contributed by atoms with Gasteiger partial charge in [0.15, 0.2) is 0 Å². The minimum Gasteiger partial charge on any atom is -0.443 e. The summed E-state index contributed by atoms with van der Waals surface area (Å²) in [5.41, 5.74) is 2.26. The number of hydrogen-bond donors (Lipinski definition) is 1. The quantitative estimate of drug-likeness (QED) is 0.530. The van der Waals surface area contributed by atoms with Crippen molar-refractivity contribution < 1.29 is 9.21 Å². The first-order valence-electron chi connectivity index (χ1n) is 10.6. The van der Waals surface area contributed by atoms with Crippen molar-refractivity contribution in [1.82, 2.24) is 19.5 Å². The number of anilines is 1. The number of nitrogens with one attached hydrogen (secondary N) is 1. The summed E-state index contributed by atoms with van der Waals surface area (Å²) in [7, 11) is 0. The van der Waals surface area contributed by atoms with Gasteiger partial charge in [0, 0.05) is 24.1 Å². The first-order valence-corrected chi connectivity index (χ1v) is 10.6. The Hall–Kier alpha value is -3.55. The Morgan fingerprint density at radius 3 is 2.84 bits per heavy atom. The standard InChI is InChI=1S/C23H23N5O3/c1-13-14(2)31-22-19(13)20(24-12-25-22)27-21(29)15-8-9-16-17(11-15)26-18-7-5-3-4-6-10-28(18)23(16)30/h8-9,11-12H,3-7,10H2,1-2H3,(H,24,25,27,29). The second-order valence-electron chi connectivity index (χ2n) is 8.02. The number of aromatic nitrogens is 4. The van der Waals surface area contributed by atoms with Crippen molar-refractivity contribution in [2.24, 2.45) is 0 Å². The van der Waals surface area contributed by atoms with Gasteiger partial charge >= 0.3 is 0 Å². The summed E-state index contributed by atoms with van der Waals surface area (Å²) in [6.07, 6.45) is 6.43. The fourth-order valence-electron chi connectivity index (χ4n) is 4.19. The Morgan fingerprint density at radius 2 is 1.97 bits per heavy atom. The molecule has 4 aromatic rings. The van der Waals surface area contributed by atoms with E-state index < -0.39 is 0 Å². The number of fused-ring (bicyclic) bond motifs is 3. The van der Waals surface area contributed by atoms with Gasteiger partial charge in [-0.05, 0) is 44.9 Å². The minimum atomic E-state index is -0.325. The maximum Gasteiger partial charge on any atom is 0.261 e. The molecule has 0 saturated heterocycles. The third-order valence-electron chi connectivity index (χ3n) is 6.03. The van der Waals surface area contributed by atoms with Crippen molar-refractivity contribution in [2.45, 2.75) is 52.5 Å². The van der Waals surface area contributed by atoms with Crippen LogP contribution in [0.3, 0.4) is 0 Å². The highest BCUT2D eigenvalue weighted by molar-refractivity contribution is 6.09. The van der Waals surface area contributed by atoms with Gasteiger partial charge in [-0.15, -0.1) is 0 Å². The van der Waals surface area contributed by atoms with Gasteiger partial charge in [-0.1, -0.05) is 12.8 Å². The number of carbonyl (C=O) groups excluding carboxylic acids is 1. The molecular weight excluding hydrogens is 394 g/mol. The first-order chi connectivity index (χ1) is 15.0. The van der Waals surface area contributed by atoms with Crippen LogP contribution in [-0.4, -0.2) is 25.4 Å². The van der Waals surface area contributed by atoms with E-state index in [0.717, 1.165) is 49.3 Å². The first kappa shape index (κ1) is 19.4. The molecule has 158 valence electrons. The number of hydrogen-bond acceptors (Lipinski definition) is 6.